The first kappa shape index (κ1) is 49.2. The van der Waals surface area contributed by atoms with E-state index in [2.05, 4.69) is 16.4 Å². The molecule has 0 saturated heterocycles. The molecule has 21 heteroatoms. The van der Waals surface area contributed by atoms with Crippen molar-refractivity contribution in [2.24, 2.45) is 21.7 Å². The van der Waals surface area contributed by atoms with Gasteiger partial charge in [0.25, 0.3) is 5.91 Å². The van der Waals surface area contributed by atoms with E-state index in [0.29, 0.717) is 24.6 Å². The Morgan fingerprint density at radius 1 is 0.661 bits per heavy atom. The third-order valence-corrected chi connectivity index (χ3v) is 9.40. The van der Waals surface area contributed by atoms with E-state index in [4.69, 9.17) is 41.8 Å². The first-order valence-electron chi connectivity index (χ1n) is 17.7. The Balaban J connectivity index is 0.000000368. The van der Waals surface area contributed by atoms with Crippen molar-refractivity contribution >= 4 is 66.8 Å². The number of halogens is 1. The number of esters is 1. The number of alkyl halides is 1. The number of rotatable bonds is 19. The average molecular weight is 879 g/mol. The van der Waals surface area contributed by atoms with Crippen molar-refractivity contribution in [2.45, 2.75) is 49.3 Å². The van der Waals surface area contributed by atoms with Crippen molar-refractivity contribution in [2.75, 3.05) is 36.2 Å². The lowest BCUT2D eigenvalue weighted by atomic mass is 10.1. The number of carboxylic acid groups (broad SMARTS) is 1. The van der Waals surface area contributed by atoms with E-state index in [1.54, 1.807) is 60.7 Å². The molecule has 11 N–H and O–H groups in total. The molecule has 4 aromatic rings. The molecule has 0 aliphatic rings. The van der Waals surface area contributed by atoms with Crippen molar-refractivity contribution in [3.8, 4) is 23.0 Å². The second-order valence-corrected chi connectivity index (χ2v) is 15.5. The van der Waals surface area contributed by atoms with Crippen LogP contribution in [0.1, 0.15) is 60.2 Å². The van der Waals surface area contributed by atoms with Gasteiger partial charge in [-0.25, -0.2) is 36.7 Å². The van der Waals surface area contributed by atoms with Crippen LogP contribution in [0.4, 0.5) is 11.4 Å². The maximum absolute atomic E-state index is 12.2. The number of carbonyl (C=O) groups is 4. The number of nitrogens with one attached hydrogen (secondary N) is 2. The van der Waals surface area contributed by atoms with Gasteiger partial charge < -0.3 is 41.4 Å². The van der Waals surface area contributed by atoms with Crippen LogP contribution < -0.4 is 41.9 Å². The lowest BCUT2D eigenvalue weighted by Gasteiger charge is -2.17. The molecule has 59 heavy (non-hydrogen) atoms. The normalized spacial score (nSPS) is 10.7. The van der Waals surface area contributed by atoms with Crippen LogP contribution in [0.5, 0.6) is 23.0 Å². The number of benzene rings is 4. The fourth-order valence-corrected chi connectivity index (χ4v) is 5.98. The second-order valence-electron chi connectivity index (χ2n) is 12.1. The number of primary amides is 2. The Bertz CT molecular complexity index is 2270. The summed E-state index contributed by atoms with van der Waals surface area (Å²) >= 11 is 4.86. The summed E-state index contributed by atoms with van der Waals surface area (Å²) in [4.78, 5) is 43.1. The number of para-hydroxylation sites is 2. The number of primary sulfonamides is 2. The van der Waals surface area contributed by atoms with Gasteiger partial charge in [0.1, 0.15) is 27.2 Å². The molecule has 0 spiro atoms. The molecular weight excluding hydrogens is 832 g/mol. The van der Waals surface area contributed by atoms with Gasteiger partial charge in [-0.1, -0.05) is 63.1 Å². The Morgan fingerprint density at radius 2 is 1.05 bits per heavy atom. The smallest absolute Gasteiger partial charge is 0.338 e. The maximum Gasteiger partial charge on any atom is 0.338 e. The Morgan fingerprint density at radius 3 is 1.39 bits per heavy atom. The van der Waals surface area contributed by atoms with Gasteiger partial charge in [0.15, 0.2) is 18.1 Å². The van der Waals surface area contributed by atoms with Crippen LogP contribution in [0.2, 0.25) is 0 Å². The summed E-state index contributed by atoms with van der Waals surface area (Å²) in [7, 11) is -8.45. The zero-order chi connectivity index (χ0) is 44.2. The monoisotopic (exact) mass is 878 g/mol. The van der Waals surface area contributed by atoms with Crippen LogP contribution in [0.3, 0.4) is 0 Å². The van der Waals surface area contributed by atoms with Crippen molar-refractivity contribution in [1.82, 2.24) is 0 Å². The molecule has 0 radical (unpaired) electrons. The molecule has 0 unspecified atom stereocenters. The predicted octanol–water partition coefficient (Wildman–Crippen LogP) is 4.73. The first-order valence-corrected chi connectivity index (χ1v) is 21.3. The average Bonchev–Trinajstić information content (AvgIpc) is 3.18. The van der Waals surface area contributed by atoms with Crippen molar-refractivity contribution in [1.29, 1.82) is 0 Å². The fourth-order valence-electron chi connectivity index (χ4n) is 4.57. The minimum Gasteiger partial charge on any atom is -0.478 e. The number of amides is 2. The number of carbonyl (C=O) groups excluding carboxylic acids is 3. The summed E-state index contributed by atoms with van der Waals surface area (Å²) in [6.07, 6.45) is 3.44. The summed E-state index contributed by atoms with van der Waals surface area (Å²) < 4.78 is 64.7. The second kappa shape index (κ2) is 24.1. The SMILES string of the molecule is CCCCNc1cc(C(=O)O)cc(S(N)(=O)=O)c1Oc1ccccc1.CCCCNc1cc(C(=O)OCC(N)=O)cc(S(N)(=O)=O)c1Oc1ccccc1.NC(=O)CCl. The molecule has 4 rings (SSSR count). The van der Waals surface area contributed by atoms with Crippen LogP contribution in [-0.4, -0.2) is 71.3 Å². The lowest BCUT2D eigenvalue weighted by molar-refractivity contribution is -0.121. The van der Waals surface area contributed by atoms with Gasteiger partial charge in [-0.2, -0.15) is 0 Å². The highest BCUT2D eigenvalue weighted by Crippen LogP contribution is 2.38. The fraction of sp³-hybridized carbons (Fsp3) is 0.263. The van der Waals surface area contributed by atoms with E-state index < -0.39 is 55.3 Å². The number of carboxylic acids is 1. The van der Waals surface area contributed by atoms with Gasteiger partial charge in [0, 0.05) is 13.1 Å². The van der Waals surface area contributed by atoms with E-state index in [1.807, 2.05) is 13.8 Å². The number of sulfonamides is 2. The summed E-state index contributed by atoms with van der Waals surface area (Å²) in [5.41, 5.74) is 9.70. The van der Waals surface area contributed by atoms with Gasteiger partial charge in [0.05, 0.1) is 22.5 Å². The number of anilines is 2. The summed E-state index contributed by atoms with van der Waals surface area (Å²) in [6, 6.07) is 21.9. The molecule has 4 aromatic carbocycles. The van der Waals surface area contributed by atoms with E-state index in [-0.39, 0.29) is 44.8 Å². The van der Waals surface area contributed by atoms with Crippen molar-refractivity contribution in [3.63, 3.8) is 0 Å². The summed E-state index contributed by atoms with van der Waals surface area (Å²) in [6.45, 7) is 4.41. The molecule has 18 nitrogen and oxygen atoms in total. The highest BCUT2D eigenvalue weighted by molar-refractivity contribution is 7.89. The molecule has 0 aromatic heterocycles. The zero-order valence-electron chi connectivity index (χ0n) is 32.2. The molecule has 320 valence electrons. The number of aromatic carboxylic acids is 1. The molecular formula is C38H47ClN6O12S2. The minimum absolute atomic E-state index is 0.0187. The molecule has 0 saturated carbocycles. The van der Waals surface area contributed by atoms with E-state index >= 15 is 0 Å². The molecule has 0 aliphatic carbocycles. The number of nitrogens with two attached hydrogens (primary N) is 4. The van der Waals surface area contributed by atoms with Gasteiger partial charge in [-0.15, -0.1) is 11.6 Å². The lowest BCUT2D eigenvalue weighted by Crippen LogP contribution is -2.21. The van der Waals surface area contributed by atoms with Crippen molar-refractivity contribution < 1.29 is 55.3 Å². The van der Waals surface area contributed by atoms with E-state index in [1.165, 1.54) is 12.1 Å². The Kier molecular flexibility index (Phi) is 20.1. The van der Waals surface area contributed by atoms with E-state index in [0.717, 1.165) is 37.8 Å². The minimum atomic E-state index is -4.26. The third kappa shape index (κ3) is 17.2. The quantitative estimate of drug-likeness (QED) is 0.0381. The van der Waals surface area contributed by atoms with E-state index in [9.17, 15) is 41.1 Å². The number of hydrogen-bond donors (Lipinski definition) is 7. The van der Waals surface area contributed by atoms with Gasteiger partial charge in [-0.3, -0.25) is 9.59 Å². The van der Waals surface area contributed by atoms with Gasteiger partial charge >= 0.3 is 11.9 Å². The van der Waals surface area contributed by atoms with Crippen LogP contribution in [0.25, 0.3) is 0 Å². The molecule has 0 atom stereocenters. The Labute approximate surface area is 347 Å². The molecule has 0 fully saturated rings. The first-order chi connectivity index (χ1) is 27.8. The largest absolute Gasteiger partial charge is 0.478 e. The highest BCUT2D eigenvalue weighted by atomic mass is 35.5. The van der Waals surface area contributed by atoms with Crippen LogP contribution in [0, 0.1) is 0 Å². The summed E-state index contributed by atoms with van der Waals surface area (Å²) in [5.74, 6) is -2.83. The molecule has 0 aliphatic heterocycles. The van der Waals surface area contributed by atoms with Crippen LogP contribution in [-0.2, 0) is 34.4 Å². The van der Waals surface area contributed by atoms with Gasteiger partial charge in [0.2, 0.25) is 26.0 Å². The molecule has 0 heterocycles. The molecule has 0 bridgehead atoms. The maximum atomic E-state index is 12.2. The highest BCUT2D eigenvalue weighted by Gasteiger charge is 2.25. The summed E-state index contributed by atoms with van der Waals surface area (Å²) in [5, 5.41) is 26.0. The number of ether oxygens (including phenoxy) is 3. The molecule has 2 amide bonds. The zero-order valence-corrected chi connectivity index (χ0v) is 34.6. The standard InChI is InChI=1S/C19H23N3O6S.C17H20N2O5S.C2H4ClNO/c1-2-3-9-22-15-10-13(19(24)27-12-17(20)23)11-16(29(21,25)26)18(15)28-14-7-5-4-6-8-14;1-2-3-9-19-14-10-12(17(20)21)11-15(25(18,22)23)16(14)24-13-7-5-4-6-8-13;3-1-2(4)5/h4-8,10-11,22H,2-3,9,12H2,1H3,(H2,20,23)(H2,21,25,26);4-8,10-11,19H,2-3,9H2,1H3,(H,20,21)(H2,18,22,23);1H2,(H2,4,5). The topological polar surface area (TPSA) is 313 Å². The van der Waals surface area contributed by atoms with Gasteiger partial charge in [-0.05, 0) is 61.4 Å². The number of hydrogen-bond acceptors (Lipinski definition) is 13. The Hall–Kier alpha value is -5.93. The van der Waals surface area contributed by atoms with Crippen LogP contribution >= 0.6 is 11.6 Å². The van der Waals surface area contributed by atoms with Crippen molar-refractivity contribution in [3.05, 3.63) is 96.1 Å². The number of unbranched alkanes of at least 4 members (excludes halogenated alkanes) is 2. The third-order valence-electron chi connectivity index (χ3n) is 7.30. The predicted molar refractivity (Wildman–Crippen MR) is 222 cm³/mol. The van der Waals surface area contributed by atoms with Crippen LogP contribution in [0.15, 0.2) is 94.7 Å².